The van der Waals surface area contributed by atoms with E-state index in [0.29, 0.717) is 30.4 Å². The maximum absolute atomic E-state index is 14.3. The lowest BCUT2D eigenvalue weighted by Crippen LogP contribution is -2.56. The molecule has 1 saturated carbocycles. The molecule has 2 N–H and O–H groups in total. The number of rotatable bonds is 3. The molecule has 12 nitrogen and oxygen atoms in total. The van der Waals surface area contributed by atoms with Gasteiger partial charge in [0.15, 0.2) is 0 Å². The Balaban J connectivity index is 1.37. The van der Waals surface area contributed by atoms with Gasteiger partial charge in [-0.25, -0.2) is 18.8 Å². The van der Waals surface area contributed by atoms with Gasteiger partial charge in [0, 0.05) is 18.5 Å². The minimum Gasteiger partial charge on any atom is -0.467 e. The van der Waals surface area contributed by atoms with Gasteiger partial charge < -0.3 is 29.7 Å². The van der Waals surface area contributed by atoms with Crippen LogP contribution in [-0.2, 0) is 41.7 Å². The van der Waals surface area contributed by atoms with Gasteiger partial charge >= 0.3 is 18.2 Å². The number of alkyl carbamates (subject to hydrolysis) is 1. The van der Waals surface area contributed by atoms with E-state index in [1.165, 1.54) is 23.0 Å². The Morgan fingerprint density at radius 3 is 2.46 bits per heavy atom. The maximum Gasteiger partial charge on any atom is 0.410 e. The Morgan fingerprint density at radius 1 is 1.04 bits per heavy atom. The summed E-state index contributed by atoms with van der Waals surface area (Å²) in [6, 6.07) is 2.62. The van der Waals surface area contributed by atoms with Crippen molar-refractivity contribution in [2.45, 2.75) is 121 Å². The van der Waals surface area contributed by atoms with Crippen molar-refractivity contribution in [2.24, 2.45) is 5.92 Å². The fourth-order valence-electron chi connectivity index (χ4n) is 6.90. The Hall–Kier alpha value is -3.90. The second-order valence-electron chi connectivity index (χ2n) is 13.9. The molecule has 0 bridgehead atoms. The van der Waals surface area contributed by atoms with E-state index in [2.05, 4.69) is 10.6 Å². The number of benzene rings is 1. The van der Waals surface area contributed by atoms with Crippen LogP contribution in [0.5, 0.6) is 0 Å². The van der Waals surface area contributed by atoms with E-state index in [1.807, 2.05) is 0 Å². The lowest BCUT2D eigenvalue weighted by atomic mass is 10.0. The van der Waals surface area contributed by atoms with Crippen molar-refractivity contribution >= 4 is 30.0 Å². The van der Waals surface area contributed by atoms with E-state index in [9.17, 15) is 28.4 Å². The highest BCUT2D eigenvalue weighted by Gasteiger charge is 2.62. The topological polar surface area (TPSA) is 144 Å². The SMILES string of the molecule is COC(=O)[C@@]12C[C@H]1CCCCCCC[C@H](NC(=O)OC(C)(C)C)C(=O)N1C[C@H](OC(=O)N3Cc4cccc(F)c4C3)C[C@H]1C(=O)N2. The third-order valence-corrected chi connectivity index (χ3v) is 9.34. The number of esters is 1. The van der Waals surface area contributed by atoms with Gasteiger partial charge in [-0.05, 0) is 57.6 Å². The molecule has 1 aromatic rings. The minimum absolute atomic E-state index is 0.0143. The smallest absolute Gasteiger partial charge is 0.410 e. The lowest BCUT2D eigenvalue weighted by Gasteiger charge is -2.30. The van der Waals surface area contributed by atoms with Crippen molar-refractivity contribution in [3.8, 4) is 0 Å². The minimum atomic E-state index is -1.17. The Kier molecular flexibility index (Phi) is 9.78. The molecule has 0 unspecified atom stereocenters. The molecule has 3 aliphatic heterocycles. The van der Waals surface area contributed by atoms with E-state index < -0.39 is 65.1 Å². The summed E-state index contributed by atoms with van der Waals surface area (Å²) >= 11 is 0. The van der Waals surface area contributed by atoms with Crippen LogP contribution in [0.25, 0.3) is 0 Å². The van der Waals surface area contributed by atoms with E-state index in [1.54, 1.807) is 32.9 Å². The average molecular weight is 645 g/mol. The van der Waals surface area contributed by atoms with Crippen LogP contribution in [0.15, 0.2) is 18.2 Å². The third-order valence-electron chi connectivity index (χ3n) is 9.34. The molecule has 0 aromatic heterocycles. The number of fused-ring (bicyclic) bond motifs is 3. The molecule has 1 aliphatic carbocycles. The molecule has 3 heterocycles. The molecular weight excluding hydrogens is 599 g/mol. The van der Waals surface area contributed by atoms with Gasteiger partial charge in [-0.1, -0.05) is 44.2 Å². The number of hydrogen-bond acceptors (Lipinski definition) is 8. The molecule has 2 saturated heterocycles. The molecule has 5 atom stereocenters. The number of ether oxygens (including phenoxy) is 3. The average Bonchev–Trinajstić information content (AvgIpc) is 3.29. The molecule has 5 rings (SSSR count). The predicted octanol–water partition coefficient (Wildman–Crippen LogP) is 3.93. The zero-order chi connectivity index (χ0) is 33.2. The van der Waals surface area contributed by atoms with Crippen LogP contribution in [-0.4, -0.2) is 82.8 Å². The van der Waals surface area contributed by atoms with Crippen molar-refractivity contribution in [1.29, 1.82) is 0 Å². The van der Waals surface area contributed by atoms with Gasteiger partial charge in [-0.15, -0.1) is 0 Å². The molecule has 252 valence electrons. The molecule has 4 aliphatic rings. The van der Waals surface area contributed by atoms with E-state index in [4.69, 9.17) is 14.2 Å². The molecule has 3 fully saturated rings. The number of nitrogens with one attached hydrogen (secondary N) is 2. The normalized spacial score (nSPS) is 28.5. The molecule has 0 spiro atoms. The quantitative estimate of drug-likeness (QED) is 0.372. The summed E-state index contributed by atoms with van der Waals surface area (Å²) in [5.41, 5.74) is -0.844. The van der Waals surface area contributed by atoms with Crippen molar-refractivity contribution in [1.82, 2.24) is 20.4 Å². The fraction of sp³-hybridized carbons (Fsp3) is 0.667. The van der Waals surface area contributed by atoms with Crippen LogP contribution in [0.3, 0.4) is 0 Å². The van der Waals surface area contributed by atoms with E-state index in [0.717, 1.165) is 32.1 Å². The van der Waals surface area contributed by atoms with Crippen LogP contribution >= 0.6 is 0 Å². The van der Waals surface area contributed by atoms with Crippen LogP contribution in [0.1, 0.15) is 89.7 Å². The number of amides is 4. The highest BCUT2D eigenvalue weighted by Crippen LogP contribution is 2.48. The highest BCUT2D eigenvalue weighted by atomic mass is 19.1. The molecule has 46 heavy (non-hydrogen) atoms. The predicted molar refractivity (Wildman–Crippen MR) is 163 cm³/mol. The summed E-state index contributed by atoms with van der Waals surface area (Å²) in [4.78, 5) is 69.7. The van der Waals surface area contributed by atoms with Gasteiger partial charge in [0.2, 0.25) is 11.8 Å². The zero-order valence-corrected chi connectivity index (χ0v) is 27.1. The second kappa shape index (κ2) is 13.4. The summed E-state index contributed by atoms with van der Waals surface area (Å²) in [7, 11) is 1.28. The molecule has 1 aromatic carbocycles. The maximum atomic E-state index is 14.3. The molecular formula is C33H45FN4O8. The standard InChI is InChI=1S/C33H45FN4O8/c1-32(2,3)46-30(42)35-25-14-9-7-5-6-8-12-21-16-33(21,29(41)44-4)36-27(39)26-15-22(18-38(26)28(25)40)45-31(43)37-17-20-11-10-13-24(34)23(20)19-37/h10-11,13,21-22,25-26H,5-9,12,14-19H2,1-4H3,(H,35,42)(H,36,39)/t21-,22-,25+,26+,33-/m1/s1. The van der Waals surface area contributed by atoms with Crippen molar-refractivity contribution in [2.75, 3.05) is 13.7 Å². The van der Waals surface area contributed by atoms with Crippen LogP contribution < -0.4 is 10.6 Å². The Labute approximate surface area is 268 Å². The van der Waals surface area contributed by atoms with Gasteiger partial charge in [0.1, 0.15) is 35.1 Å². The molecule has 4 amide bonds. The number of hydrogen-bond donors (Lipinski definition) is 2. The largest absolute Gasteiger partial charge is 0.467 e. The number of halogens is 1. The van der Waals surface area contributed by atoms with Gasteiger partial charge in [0.05, 0.1) is 20.2 Å². The van der Waals surface area contributed by atoms with Crippen molar-refractivity contribution < 1.29 is 42.6 Å². The van der Waals surface area contributed by atoms with Gasteiger partial charge in [-0.3, -0.25) is 14.5 Å². The first-order chi connectivity index (χ1) is 21.8. The number of nitrogens with zero attached hydrogens (tertiary/aromatic N) is 2. The monoisotopic (exact) mass is 644 g/mol. The number of methoxy groups -OCH3 is 1. The number of carbonyl (C=O) groups excluding carboxylic acids is 5. The summed E-state index contributed by atoms with van der Waals surface area (Å²) in [6.45, 7) is 5.29. The van der Waals surface area contributed by atoms with E-state index >= 15 is 0 Å². The summed E-state index contributed by atoms with van der Waals surface area (Å²) in [6.07, 6.45) is 3.47. The first-order valence-electron chi connectivity index (χ1n) is 16.2. The number of carbonyl (C=O) groups is 5. The first kappa shape index (κ1) is 33.5. The van der Waals surface area contributed by atoms with Gasteiger partial charge in [0.25, 0.3) is 0 Å². The van der Waals surface area contributed by atoms with E-state index in [-0.39, 0.29) is 32.0 Å². The lowest BCUT2D eigenvalue weighted by molar-refractivity contribution is -0.148. The zero-order valence-electron chi connectivity index (χ0n) is 27.1. The third kappa shape index (κ3) is 7.39. The summed E-state index contributed by atoms with van der Waals surface area (Å²) < 4.78 is 30.6. The first-order valence-corrected chi connectivity index (χ1v) is 16.2. The molecule has 13 heteroatoms. The van der Waals surface area contributed by atoms with Crippen molar-refractivity contribution in [3.05, 3.63) is 35.1 Å². The van der Waals surface area contributed by atoms with Crippen LogP contribution in [0, 0.1) is 11.7 Å². The molecule has 0 radical (unpaired) electrons. The fourth-order valence-corrected chi connectivity index (χ4v) is 6.90. The Bertz CT molecular complexity index is 1370. The van der Waals surface area contributed by atoms with Gasteiger partial charge in [-0.2, -0.15) is 0 Å². The summed E-state index contributed by atoms with van der Waals surface area (Å²) in [5.74, 6) is -2.06. The van der Waals surface area contributed by atoms with Crippen LogP contribution in [0.2, 0.25) is 0 Å². The van der Waals surface area contributed by atoms with Crippen LogP contribution in [0.4, 0.5) is 14.0 Å². The summed E-state index contributed by atoms with van der Waals surface area (Å²) in [5, 5.41) is 5.60. The highest BCUT2D eigenvalue weighted by molar-refractivity contribution is 5.96. The Morgan fingerprint density at radius 2 is 1.76 bits per heavy atom. The van der Waals surface area contributed by atoms with Crippen molar-refractivity contribution in [3.63, 3.8) is 0 Å². The second-order valence-corrected chi connectivity index (χ2v) is 13.9.